The minimum Gasteiger partial charge on any atom is -0.346 e. The minimum absolute atomic E-state index is 0.0175. The Bertz CT molecular complexity index is 1140. The number of amides is 1. The Morgan fingerprint density at radius 2 is 1.00 bits per heavy atom. The van der Waals surface area contributed by atoms with Crippen LogP contribution in [0.15, 0.2) is 121 Å². The van der Waals surface area contributed by atoms with E-state index in [1.165, 1.54) is 5.56 Å². The lowest BCUT2D eigenvalue weighted by Crippen LogP contribution is -2.26. The second-order valence-electron chi connectivity index (χ2n) is 7.81. The molecule has 0 radical (unpaired) electrons. The molecule has 35 heavy (non-hydrogen) atoms. The molecule has 0 bridgehead atoms. The molecule has 4 aromatic carbocycles. The number of benzene rings is 4. The fraction of sp³-hybridized carbons (Fsp3) is 0.133. The number of hydrogen-bond donors (Lipinski definition) is 2. The topological polar surface area (TPSA) is 72.2 Å². The molecule has 0 unspecified atom stereocenters. The predicted molar refractivity (Wildman–Crippen MR) is 144 cm³/mol. The van der Waals surface area contributed by atoms with Gasteiger partial charge < -0.3 is 11.1 Å². The van der Waals surface area contributed by atoms with E-state index in [9.17, 15) is 9.59 Å². The number of halogens is 1. The highest BCUT2D eigenvalue weighted by molar-refractivity contribution is 6.67. The first-order valence-electron chi connectivity index (χ1n) is 11.3. The van der Waals surface area contributed by atoms with Gasteiger partial charge in [0.15, 0.2) is 0 Å². The molecular formula is C30H31ClN2O2. The van der Waals surface area contributed by atoms with Crippen LogP contribution in [0.1, 0.15) is 57.8 Å². The molecular weight excluding hydrogens is 456 g/mol. The highest BCUT2D eigenvalue weighted by Crippen LogP contribution is 2.12. The third kappa shape index (κ3) is 10.4. The lowest BCUT2D eigenvalue weighted by molar-refractivity contribution is 0.0939. The molecule has 4 aromatic rings. The maximum atomic E-state index is 11.9. The van der Waals surface area contributed by atoms with Crippen LogP contribution in [0.3, 0.4) is 0 Å². The van der Waals surface area contributed by atoms with Gasteiger partial charge in [0.05, 0.1) is 6.04 Å². The molecule has 0 aromatic heterocycles. The standard InChI is InChI=1S/C15H15NO.C8H11N.C7H5ClO/c1-12(13-8-4-2-5-9-13)16-15(17)14-10-6-3-7-11-14;1-7(9)8-5-3-2-4-6-8;8-7(9)6-4-2-1-3-5-6/h2-12H,1H3,(H,16,17);2-7H,9H2,1H3;1-5H/t12-;7-;/m11./s1. The quantitative estimate of drug-likeness (QED) is 0.300. The summed E-state index contributed by atoms with van der Waals surface area (Å²) in [6.45, 7) is 3.96. The zero-order chi connectivity index (χ0) is 25.5. The summed E-state index contributed by atoms with van der Waals surface area (Å²) in [6.07, 6.45) is 0. The Morgan fingerprint density at radius 3 is 1.34 bits per heavy atom. The smallest absolute Gasteiger partial charge is 0.252 e. The second kappa shape index (κ2) is 15.2. The van der Waals surface area contributed by atoms with Crippen molar-refractivity contribution in [3.05, 3.63) is 144 Å². The first-order valence-corrected chi connectivity index (χ1v) is 11.7. The van der Waals surface area contributed by atoms with E-state index in [2.05, 4.69) is 5.32 Å². The third-order valence-corrected chi connectivity index (χ3v) is 5.23. The van der Waals surface area contributed by atoms with Crippen LogP contribution >= 0.6 is 11.6 Å². The average Bonchev–Trinajstić information content (AvgIpc) is 2.91. The molecule has 0 fully saturated rings. The van der Waals surface area contributed by atoms with Gasteiger partial charge in [-0.3, -0.25) is 9.59 Å². The third-order valence-electron chi connectivity index (χ3n) is 5.01. The zero-order valence-electron chi connectivity index (χ0n) is 20.0. The van der Waals surface area contributed by atoms with Gasteiger partial charge in [-0.2, -0.15) is 0 Å². The molecule has 0 saturated heterocycles. The molecule has 0 saturated carbocycles. The van der Waals surface area contributed by atoms with Crippen molar-refractivity contribution in [2.24, 2.45) is 5.73 Å². The number of rotatable bonds is 5. The van der Waals surface area contributed by atoms with Crippen molar-refractivity contribution in [2.45, 2.75) is 25.9 Å². The lowest BCUT2D eigenvalue weighted by Gasteiger charge is -2.14. The lowest BCUT2D eigenvalue weighted by atomic mass is 10.1. The average molecular weight is 487 g/mol. The van der Waals surface area contributed by atoms with Gasteiger partial charge in [0.2, 0.25) is 0 Å². The highest BCUT2D eigenvalue weighted by Gasteiger charge is 2.10. The summed E-state index contributed by atoms with van der Waals surface area (Å²) in [5.41, 5.74) is 9.14. The van der Waals surface area contributed by atoms with Crippen molar-refractivity contribution < 1.29 is 9.59 Å². The van der Waals surface area contributed by atoms with Gasteiger partial charge in [-0.15, -0.1) is 0 Å². The second-order valence-corrected chi connectivity index (χ2v) is 8.15. The maximum absolute atomic E-state index is 11.9. The molecule has 4 rings (SSSR count). The van der Waals surface area contributed by atoms with Crippen LogP contribution in [0.5, 0.6) is 0 Å². The summed E-state index contributed by atoms with van der Waals surface area (Å²) in [6, 6.07) is 38.1. The molecule has 5 heteroatoms. The number of nitrogens with one attached hydrogen (secondary N) is 1. The van der Waals surface area contributed by atoms with Crippen molar-refractivity contribution in [1.29, 1.82) is 0 Å². The molecule has 0 aliphatic rings. The Kier molecular flexibility index (Phi) is 12.0. The first kappa shape index (κ1) is 27.5. The van der Waals surface area contributed by atoms with E-state index in [0.717, 1.165) is 5.56 Å². The van der Waals surface area contributed by atoms with Crippen LogP contribution in [0.4, 0.5) is 0 Å². The molecule has 180 valence electrons. The van der Waals surface area contributed by atoms with Gasteiger partial charge in [-0.25, -0.2) is 0 Å². The van der Waals surface area contributed by atoms with Gasteiger partial charge in [0, 0.05) is 17.2 Å². The normalized spacial score (nSPS) is 11.4. The Labute approximate surface area is 212 Å². The molecule has 0 aliphatic carbocycles. The van der Waals surface area contributed by atoms with Crippen molar-refractivity contribution in [1.82, 2.24) is 5.32 Å². The van der Waals surface area contributed by atoms with Crippen LogP contribution in [0, 0.1) is 0 Å². The maximum Gasteiger partial charge on any atom is 0.252 e. The van der Waals surface area contributed by atoms with Crippen LogP contribution in [-0.2, 0) is 0 Å². The van der Waals surface area contributed by atoms with Crippen LogP contribution < -0.4 is 11.1 Å². The summed E-state index contributed by atoms with van der Waals surface area (Å²) in [5, 5.41) is 2.57. The molecule has 1 amide bonds. The number of carbonyl (C=O) groups excluding carboxylic acids is 2. The summed E-state index contributed by atoms with van der Waals surface area (Å²) < 4.78 is 0. The Morgan fingerprint density at radius 1 is 0.629 bits per heavy atom. The molecule has 0 heterocycles. The summed E-state index contributed by atoms with van der Waals surface area (Å²) in [7, 11) is 0. The van der Waals surface area contributed by atoms with Crippen LogP contribution in [0.2, 0.25) is 0 Å². The van der Waals surface area contributed by atoms with E-state index < -0.39 is 5.24 Å². The Hall–Kier alpha value is -3.73. The van der Waals surface area contributed by atoms with Crippen molar-refractivity contribution in [3.63, 3.8) is 0 Å². The van der Waals surface area contributed by atoms with E-state index in [0.29, 0.717) is 11.1 Å². The van der Waals surface area contributed by atoms with E-state index in [1.54, 1.807) is 24.3 Å². The molecule has 2 atom stereocenters. The monoisotopic (exact) mass is 486 g/mol. The fourth-order valence-corrected chi connectivity index (χ4v) is 3.15. The van der Waals surface area contributed by atoms with Crippen molar-refractivity contribution in [3.8, 4) is 0 Å². The van der Waals surface area contributed by atoms with Crippen molar-refractivity contribution >= 4 is 22.8 Å². The Balaban J connectivity index is 0.000000203. The summed E-state index contributed by atoms with van der Waals surface area (Å²) in [5.74, 6) is -0.0399. The SMILES string of the molecule is C[C@@H](N)c1ccccc1.C[C@@H](NC(=O)c1ccccc1)c1ccccc1.O=C(Cl)c1ccccc1. The van der Waals surface area contributed by atoms with Crippen LogP contribution in [-0.4, -0.2) is 11.1 Å². The molecule has 0 aliphatic heterocycles. The van der Waals surface area contributed by atoms with Gasteiger partial charge in [0.1, 0.15) is 0 Å². The van der Waals surface area contributed by atoms with E-state index in [1.807, 2.05) is 111 Å². The van der Waals surface area contributed by atoms with E-state index >= 15 is 0 Å². The van der Waals surface area contributed by atoms with Crippen LogP contribution in [0.25, 0.3) is 0 Å². The molecule has 3 N–H and O–H groups in total. The number of carbonyl (C=O) groups is 2. The van der Waals surface area contributed by atoms with Gasteiger partial charge in [-0.05, 0) is 48.7 Å². The highest BCUT2D eigenvalue weighted by atomic mass is 35.5. The largest absolute Gasteiger partial charge is 0.346 e. The predicted octanol–water partition coefficient (Wildman–Crippen LogP) is 6.95. The van der Waals surface area contributed by atoms with E-state index in [4.69, 9.17) is 17.3 Å². The first-order chi connectivity index (χ1) is 16.9. The van der Waals surface area contributed by atoms with Crippen molar-refractivity contribution in [2.75, 3.05) is 0 Å². The minimum atomic E-state index is -0.407. The summed E-state index contributed by atoms with van der Waals surface area (Å²) in [4.78, 5) is 22.3. The zero-order valence-corrected chi connectivity index (χ0v) is 20.7. The van der Waals surface area contributed by atoms with Gasteiger partial charge in [-0.1, -0.05) is 109 Å². The summed E-state index contributed by atoms with van der Waals surface area (Å²) >= 11 is 5.16. The van der Waals surface area contributed by atoms with E-state index in [-0.39, 0.29) is 18.0 Å². The molecule has 0 spiro atoms. The van der Waals surface area contributed by atoms with Gasteiger partial charge in [0.25, 0.3) is 11.1 Å². The molecule has 4 nitrogen and oxygen atoms in total. The fourth-order valence-electron chi connectivity index (χ4n) is 3.02. The van der Waals surface area contributed by atoms with Gasteiger partial charge >= 0.3 is 0 Å². The number of nitrogens with two attached hydrogens (primary N) is 1. The number of hydrogen-bond acceptors (Lipinski definition) is 3.